The highest BCUT2D eigenvalue weighted by Gasteiger charge is 2.24. The van der Waals surface area contributed by atoms with Gasteiger partial charge in [-0.25, -0.2) is 13.8 Å². The van der Waals surface area contributed by atoms with Crippen LogP contribution in [0.1, 0.15) is 21.3 Å². The van der Waals surface area contributed by atoms with Gasteiger partial charge in [-0.1, -0.05) is 24.3 Å². The third-order valence-electron chi connectivity index (χ3n) is 5.01. The first-order valence-electron chi connectivity index (χ1n) is 9.68. The molecule has 0 radical (unpaired) electrons. The average molecular weight is 429 g/mol. The Hall–Kier alpha value is -2.68. The molecule has 2 heterocycles. The van der Waals surface area contributed by atoms with E-state index in [0.717, 1.165) is 16.9 Å². The molecule has 8 heteroatoms. The maximum atomic E-state index is 14.0. The van der Waals surface area contributed by atoms with E-state index < -0.39 is 0 Å². The zero-order chi connectivity index (χ0) is 20.9. The van der Waals surface area contributed by atoms with Gasteiger partial charge in [0.1, 0.15) is 21.5 Å². The summed E-state index contributed by atoms with van der Waals surface area (Å²) in [6.07, 6.45) is 1.45. The van der Waals surface area contributed by atoms with Crippen molar-refractivity contribution in [2.75, 3.05) is 32.8 Å². The van der Waals surface area contributed by atoms with E-state index in [-0.39, 0.29) is 23.6 Å². The van der Waals surface area contributed by atoms with Gasteiger partial charge in [0, 0.05) is 25.2 Å². The Morgan fingerprint density at radius 1 is 1.17 bits per heavy atom. The fraction of sp³-hybridized carbons (Fsp3) is 0.273. The van der Waals surface area contributed by atoms with Crippen molar-refractivity contribution in [1.82, 2.24) is 15.2 Å². The molecule has 0 bridgehead atoms. The molecule has 3 aromatic rings. The van der Waals surface area contributed by atoms with Gasteiger partial charge in [-0.3, -0.25) is 9.69 Å². The van der Waals surface area contributed by atoms with Gasteiger partial charge in [-0.15, -0.1) is 11.3 Å². The Morgan fingerprint density at radius 3 is 2.73 bits per heavy atom. The van der Waals surface area contributed by atoms with Gasteiger partial charge in [0.15, 0.2) is 0 Å². The minimum absolute atomic E-state index is 0.174. The second-order valence-electron chi connectivity index (χ2n) is 6.94. The Bertz CT molecular complexity index is 1020. The highest BCUT2D eigenvalue weighted by molar-refractivity contribution is 7.16. The van der Waals surface area contributed by atoms with Crippen LogP contribution in [0.25, 0.3) is 10.6 Å². The molecule has 1 aromatic heterocycles. The van der Waals surface area contributed by atoms with Crippen molar-refractivity contribution in [2.24, 2.45) is 0 Å². The lowest BCUT2D eigenvalue weighted by molar-refractivity contribution is 0.0162. The van der Waals surface area contributed by atoms with Gasteiger partial charge in [0.05, 0.1) is 25.5 Å². The monoisotopic (exact) mass is 429 g/mol. The Kier molecular flexibility index (Phi) is 6.47. The van der Waals surface area contributed by atoms with Crippen molar-refractivity contribution in [2.45, 2.75) is 6.04 Å². The van der Waals surface area contributed by atoms with Crippen molar-refractivity contribution in [3.05, 3.63) is 76.8 Å². The lowest BCUT2D eigenvalue weighted by atomic mass is 10.0. The minimum atomic E-state index is -0.378. The minimum Gasteiger partial charge on any atom is -0.379 e. The van der Waals surface area contributed by atoms with E-state index in [0.29, 0.717) is 48.3 Å². The predicted molar refractivity (Wildman–Crippen MR) is 111 cm³/mol. The topological polar surface area (TPSA) is 54.5 Å². The molecule has 156 valence electrons. The number of morpholine rings is 1. The van der Waals surface area contributed by atoms with Crippen molar-refractivity contribution in [3.63, 3.8) is 0 Å². The molecule has 1 atom stereocenters. The molecular formula is C22H21F2N3O2S. The van der Waals surface area contributed by atoms with E-state index in [1.54, 1.807) is 24.3 Å². The van der Waals surface area contributed by atoms with Crippen molar-refractivity contribution >= 4 is 17.2 Å². The first kappa shape index (κ1) is 20.6. The van der Waals surface area contributed by atoms with Crippen LogP contribution < -0.4 is 5.32 Å². The zero-order valence-corrected chi connectivity index (χ0v) is 17.0. The number of halogens is 2. The number of carbonyl (C=O) groups is 1. The third-order valence-corrected chi connectivity index (χ3v) is 6.04. The van der Waals surface area contributed by atoms with Crippen LogP contribution in [-0.2, 0) is 4.74 Å². The lowest BCUT2D eigenvalue weighted by Crippen LogP contribution is -2.43. The molecule has 4 rings (SSSR count). The highest BCUT2D eigenvalue weighted by Crippen LogP contribution is 2.27. The number of hydrogen-bond acceptors (Lipinski definition) is 5. The van der Waals surface area contributed by atoms with Crippen LogP contribution in [0, 0.1) is 11.6 Å². The van der Waals surface area contributed by atoms with Gasteiger partial charge in [-0.2, -0.15) is 0 Å². The molecule has 2 aromatic carbocycles. The van der Waals surface area contributed by atoms with Crippen LogP contribution in [0.4, 0.5) is 8.78 Å². The summed E-state index contributed by atoms with van der Waals surface area (Å²) in [5.74, 6) is -0.976. The number of thiazole rings is 1. The highest BCUT2D eigenvalue weighted by atomic mass is 32.1. The second kappa shape index (κ2) is 9.42. The summed E-state index contributed by atoms with van der Waals surface area (Å²) >= 11 is 1.14. The van der Waals surface area contributed by atoms with E-state index in [9.17, 15) is 13.6 Å². The van der Waals surface area contributed by atoms with E-state index >= 15 is 0 Å². The molecule has 1 saturated heterocycles. The SMILES string of the molecule is O=C(NCC(c1cccc(F)c1)N1CCOCC1)c1cnc(-c2ccccc2F)s1. The average Bonchev–Trinajstić information content (AvgIpc) is 3.25. The smallest absolute Gasteiger partial charge is 0.263 e. The van der Waals surface area contributed by atoms with Crippen molar-refractivity contribution < 1.29 is 18.3 Å². The van der Waals surface area contributed by atoms with E-state index in [1.165, 1.54) is 24.4 Å². The van der Waals surface area contributed by atoms with E-state index in [4.69, 9.17) is 4.74 Å². The summed E-state index contributed by atoms with van der Waals surface area (Å²) < 4.78 is 33.2. The van der Waals surface area contributed by atoms with Gasteiger partial charge >= 0.3 is 0 Å². The maximum absolute atomic E-state index is 14.0. The summed E-state index contributed by atoms with van der Waals surface area (Å²) in [7, 11) is 0. The fourth-order valence-corrected chi connectivity index (χ4v) is 4.34. The number of benzene rings is 2. The molecule has 0 aliphatic carbocycles. The summed E-state index contributed by atoms with van der Waals surface area (Å²) in [6.45, 7) is 2.92. The molecule has 1 amide bonds. The van der Waals surface area contributed by atoms with Crippen LogP contribution in [0.3, 0.4) is 0 Å². The molecular weight excluding hydrogens is 408 g/mol. The molecule has 0 saturated carbocycles. The van der Waals surface area contributed by atoms with Crippen molar-refractivity contribution in [1.29, 1.82) is 0 Å². The molecule has 1 aliphatic heterocycles. The summed E-state index contributed by atoms with van der Waals surface area (Å²) in [4.78, 5) is 19.5. The van der Waals surface area contributed by atoms with Crippen LogP contribution in [0.2, 0.25) is 0 Å². The number of aromatic nitrogens is 1. The molecule has 1 aliphatic rings. The van der Waals surface area contributed by atoms with Gasteiger partial charge in [0.25, 0.3) is 5.91 Å². The summed E-state index contributed by atoms with van der Waals surface area (Å²) in [5, 5.41) is 3.38. The van der Waals surface area contributed by atoms with E-state index in [1.807, 2.05) is 6.07 Å². The molecule has 1 fully saturated rings. The number of nitrogens with one attached hydrogen (secondary N) is 1. The Morgan fingerprint density at radius 2 is 1.97 bits per heavy atom. The standard InChI is InChI=1S/C22H21F2N3O2S/c23-16-5-3-4-15(12-16)19(27-8-10-29-11-9-27)13-25-21(28)20-14-26-22(30-20)17-6-1-2-7-18(17)24/h1-7,12,14,19H,8-11,13H2,(H,25,28). The second-order valence-corrected chi connectivity index (χ2v) is 7.97. The molecule has 0 spiro atoms. The molecule has 30 heavy (non-hydrogen) atoms. The maximum Gasteiger partial charge on any atom is 0.263 e. The molecule has 5 nitrogen and oxygen atoms in total. The lowest BCUT2D eigenvalue weighted by Gasteiger charge is -2.34. The quantitative estimate of drug-likeness (QED) is 0.646. The largest absolute Gasteiger partial charge is 0.379 e. The number of nitrogens with zero attached hydrogens (tertiary/aromatic N) is 2. The molecule has 1 unspecified atom stereocenters. The first-order valence-corrected chi connectivity index (χ1v) is 10.5. The zero-order valence-electron chi connectivity index (χ0n) is 16.2. The first-order chi connectivity index (χ1) is 14.6. The Balaban J connectivity index is 1.48. The Labute approximate surface area is 177 Å². The number of amides is 1. The van der Waals surface area contributed by atoms with Gasteiger partial charge in [-0.05, 0) is 29.8 Å². The van der Waals surface area contributed by atoms with Crippen LogP contribution in [0.15, 0.2) is 54.7 Å². The number of ether oxygens (including phenoxy) is 1. The summed E-state index contributed by atoms with van der Waals surface area (Å²) in [5.41, 5.74) is 1.17. The number of rotatable bonds is 6. The van der Waals surface area contributed by atoms with E-state index in [2.05, 4.69) is 15.2 Å². The summed E-state index contributed by atoms with van der Waals surface area (Å²) in [6, 6.07) is 12.6. The van der Waals surface area contributed by atoms with Gasteiger partial charge in [0.2, 0.25) is 0 Å². The fourth-order valence-electron chi connectivity index (χ4n) is 3.48. The van der Waals surface area contributed by atoms with Crippen LogP contribution >= 0.6 is 11.3 Å². The third kappa shape index (κ3) is 4.72. The number of hydrogen-bond donors (Lipinski definition) is 1. The van der Waals surface area contributed by atoms with Crippen LogP contribution in [-0.4, -0.2) is 48.6 Å². The van der Waals surface area contributed by atoms with Crippen LogP contribution in [0.5, 0.6) is 0 Å². The molecule has 1 N–H and O–H groups in total. The predicted octanol–water partition coefficient (Wildman–Crippen LogP) is 3.89. The van der Waals surface area contributed by atoms with Crippen molar-refractivity contribution in [3.8, 4) is 10.6 Å². The number of carbonyl (C=O) groups excluding carboxylic acids is 1. The normalized spacial score (nSPS) is 15.7. The van der Waals surface area contributed by atoms with Gasteiger partial charge < -0.3 is 10.1 Å².